The second kappa shape index (κ2) is 12.0. The van der Waals surface area contributed by atoms with Crippen LogP contribution in [-0.2, 0) is 9.59 Å². The molecule has 0 aliphatic heterocycles. The van der Waals surface area contributed by atoms with Crippen LogP contribution < -0.4 is 10.2 Å². The number of nitrogens with zero attached hydrogens (tertiary/aromatic N) is 2. The third-order valence-corrected chi connectivity index (χ3v) is 4.81. The standard InChI is InChI=1S/C23H26F3N3O4/c1-28(16-20(30)27-18-8-4-2-5-9-18)14-6-3-7-15-29(22(33)23(24,25)26)19-12-10-17(11-13-19)21(31)32/h2,4-5,8-13H,3,6-7,14-16H2,1H3,(H,27,30)(H,31,32). The lowest BCUT2D eigenvalue weighted by Crippen LogP contribution is -2.42. The highest BCUT2D eigenvalue weighted by Gasteiger charge is 2.42. The molecule has 0 aliphatic rings. The molecule has 0 spiro atoms. The van der Waals surface area contributed by atoms with Gasteiger partial charge >= 0.3 is 18.1 Å². The van der Waals surface area contributed by atoms with E-state index in [1.165, 1.54) is 12.1 Å². The minimum Gasteiger partial charge on any atom is -0.478 e. The molecule has 0 atom stereocenters. The molecule has 0 aromatic heterocycles. The van der Waals surface area contributed by atoms with Crippen molar-refractivity contribution in [2.75, 3.05) is 36.9 Å². The van der Waals surface area contributed by atoms with Crippen LogP contribution in [-0.4, -0.2) is 60.6 Å². The highest BCUT2D eigenvalue weighted by Crippen LogP contribution is 2.25. The Kier molecular flexibility index (Phi) is 9.41. The van der Waals surface area contributed by atoms with Crippen molar-refractivity contribution in [3.8, 4) is 0 Å². The van der Waals surface area contributed by atoms with Crippen LogP contribution in [0.4, 0.5) is 24.5 Å². The van der Waals surface area contributed by atoms with Crippen molar-refractivity contribution in [2.24, 2.45) is 0 Å². The lowest BCUT2D eigenvalue weighted by atomic mass is 10.1. The van der Waals surface area contributed by atoms with E-state index in [0.29, 0.717) is 36.4 Å². The van der Waals surface area contributed by atoms with Gasteiger partial charge in [-0.1, -0.05) is 24.6 Å². The molecule has 0 radical (unpaired) electrons. The summed E-state index contributed by atoms with van der Waals surface area (Å²) in [6.07, 6.45) is -3.56. The number of rotatable bonds is 11. The van der Waals surface area contributed by atoms with Gasteiger partial charge in [-0.3, -0.25) is 14.5 Å². The SMILES string of the molecule is CN(CCCCCN(C(=O)C(F)(F)F)c1ccc(C(=O)O)cc1)CC(=O)Nc1ccccc1. The summed E-state index contributed by atoms with van der Waals surface area (Å²) < 4.78 is 39.1. The van der Waals surface area contributed by atoms with Crippen molar-refractivity contribution >= 4 is 29.2 Å². The fourth-order valence-corrected chi connectivity index (χ4v) is 3.16. The fraction of sp³-hybridized carbons (Fsp3) is 0.348. The number of carbonyl (C=O) groups excluding carboxylic acids is 2. The van der Waals surface area contributed by atoms with Gasteiger partial charge in [-0.2, -0.15) is 13.2 Å². The van der Waals surface area contributed by atoms with E-state index in [4.69, 9.17) is 5.11 Å². The summed E-state index contributed by atoms with van der Waals surface area (Å²) in [5, 5.41) is 11.7. The lowest BCUT2D eigenvalue weighted by molar-refractivity contribution is -0.170. The second-order valence-electron chi connectivity index (χ2n) is 7.52. The number of para-hydroxylation sites is 1. The van der Waals surface area contributed by atoms with Crippen LogP contribution in [0.5, 0.6) is 0 Å². The van der Waals surface area contributed by atoms with Gasteiger partial charge in [0.05, 0.1) is 12.1 Å². The molecule has 0 unspecified atom stereocenters. The van der Waals surface area contributed by atoms with Crippen LogP contribution in [0, 0.1) is 0 Å². The van der Waals surface area contributed by atoms with E-state index >= 15 is 0 Å². The molecular weight excluding hydrogens is 439 g/mol. The molecule has 0 aliphatic carbocycles. The predicted octanol–water partition coefficient (Wildman–Crippen LogP) is 4.02. The van der Waals surface area contributed by atoms with Crippen molar-refractivity contribution < 1.29 is 32.7 Å². The molecule has 0 fully saturated rings. The van der Waals surface area contributed by atoms with E-state index in [0.717, 1.165) is 12.1 Å². The Bertz CT molecular complexity index is 934. The first-order valence-electron chi connectivity index (χ1n) is 10.3. The van der Waals surface area contributed by atoms with Crippen molar-refractivity contribution in [2.45, 2.75) is 25.4 Å². The van der Waals surface area contributed by atoms with E-state index in [9.17, 15) is 27.6 Å². The summed E-state index contributed by atoms with van der Waals surface area (Å²) in [6.45, 7) is 0.565. The molecule has 2 aromatic rings. The summed E-state index contributed by atoms with van der Waals surface area (Å²) >= 11 is 0. The molecule has 0 bridgehead atoms. The first kappa shape index (κ1) is 25.9. The molecule has 0 saturated heterocycles. The molecule has 33 heavy (non-hydrogen) atoms. The number of carbonyl (C=O) groups is 3. The van der Waals surface area contributed by atoms with Crippen molar-refractivity contribution in [3.05, 3.63) is 60.2 Å². The Morgan fingerprint density at radius 2 is 1.52 bits per heavy atom. The number of anilines is 2. The number of alkyl halides is 3. The summed E-state index contributed by atoms with van der Waals surface area (Å²) in [6, 6.07) is 13.7. The molecule has 10 heteroatoms. The molecular formula is C23H26F3N3O4. The first-order chi connectivity index (χ1) is 15.6. The van der Waals surface area contributed by atoms with E-state index < -0.39 is 18.1 Å². The van der Waals surface area contributed by atoms with Gasteiger partial charge in [0.25, 0.3) is 0 Å². The van der Waals surface area contributed by atoms with Crippen LogP contribution in [0.25, 0.3) is 0 Å². The highest BCUT2D eigenvalue weighted by atomic mass is 19.4. The van der Waals surface area contributed by atoms with Crippen LogP contribution in [0.3, 0.4) is 0 Å². The van der Waals surface area contributed by atoms with Crippen LogP contribution >= 0.6 is 0 Å². The Hall–Kier alpha value is -3.40. The first-order valence-corrected chi connectivity index (χ1v) is 10.3. The molecule has 2 amide bonds. The molecule has 0 saturated carbocycles. The third kappa shape index (κ3) is 8.57. The third-order valence-electron chi connectivity index (χ3n) is 4.81. The van der Waals surface area contributed by atoms with Crippen LogP contribution in [0.2, 0.25) is 0 Å². The number of likely N-dealkylation sites (N-methyl/N-ethyl adjacent to an activating group) is 1. The average molecular weight is 465 g/mol. The zero-order valence-electron chi connectivity index (χ0n) is 18.1. The van der Waals surface area contributed by atoms with E-state index in [1.54, 1.807) is 19.2 Å². The van der Waals surface area contributed by atoms with Gasteiger partial charge in [0.15, 0.2) is 0 Å². The van der Waals surface area contributed by atoms with Gasteiger partial charge in [-0.25, -0.2) is 4.79 Å². The summed E-state index contributed by atoms with van der Waals surface area (Å²) in [5.41, 5.74) is 0.594. The lowest BCUT2D eigenvalue weighted by Gasteiger charge is -2.24. The maximum atomic E-state index is 13.0. The molecule has 0 heterocycles. The number of unbranched alkanes of at least 4 members (excludes halogenated alkanes) is 2. The number of nitrogens with one attached hydrogen (secondary N) is 1. The Morgan fingerprint density at radius 3 is 2.09 bits per heavy atom. The number of amides is 2. The summed E-state index contributed by atoms with van der Waals surface area (Å²) in [5.74, 6) is -3.38. The molecule has 7 nitrogen and oxygen atoms in total. The maximum Gasteiger partial charge on any atom is 0.471 e. The number of aromatic carboxylic acids is 1. The topological polar surface area (TPSA) is 90.0 Å². The van der Waals surface area contributed by atoms with Crippen molar-refractivity contribution in [3.63, 3.8) is 0 Å². The van der Waals surface area contributed by atoms with Gasteiger partial charge in [0.2, 0.25) is 5.91 Å². The number of carboxylic acid groups (broad SMARTS) is 1. The van der Waals surface area contributed by atoms with E-state index in [1.807, 2.05) is 23.1 Å². The van der Waals surface area contributed by atoms with Crippen molar-refractivity contribution in [1.29, 1.82) is 0 Å². The number of carboxylic acids is 1. The second-order valence-corrected chi connectivity index (χ2v) is 7.52. The highest BCUT2D eigenvalue weighted by molar-refractivity contribution is 5.98. The molecule has 2 aromatic carbocycles. The average Bonchev–Trinajstić information content (AvgIpc) is 2.76. The van der Waals surface area contributed by atoms with Gasteiger partial charge in [-0.05, 0) is 62.8 Å². The molecule has 2 rings (SSSR count). The number of halogens is 3. The van der Waals surface area contributed by atoms with E-state index in [2.05, 4.69) is 5.32 Å². The maximum absolute atomic E-state index is 13.0. The van der Waals surface area contributed by atoms with Gasteiger partial charge in [-0.15, -0.1) is 0 Å². The smallest absolute Gasteiger partial charge is 0.471 e. The Morgan fingerprint density at radius 1 is 0.909 bits per heavy atom. The van der Waals surface area contributed by atoms with Gasteiger partial charge < -0.3 is 15.3 Å². The van der Waals surface area contributed by atoms with Crippen molar-refractivity contribution in [1.82, 2.24) is 4.90 Å². The molecule has 178 valence electrons. The zero-order chi connectivity index (χ0) is 24.4. The van der Waals surface area contributed by atoms with Gasteiger partial charge in [0.1, 0.15) is 0 Å². The quantitative estimate of drug-likeness (QED) is 0.490. The Labute approximate surface area is 189 Å². The normalized spacial score (nSPS) is 11.3. The summed E-state index contributed by atoms with van der Waals surface area (Å²) in [7, 11) is 1.77. The fourth-order valence-electron chi connectivity index (χ4n) is 3.16. The number of benzene rings is 2. The van der Waals surface area contributed by atoms with Crippen LogP contribution in [0.1, 0.15) is 29.6 Å². The van der Waals surface area contributed by atoms with Gasteiger partial charge in [0, 0.05) is 17.9 Å². The van der Waals surface area contributed by atoms with E-state index in [-0.39, 0.29) is 30.2 Å². The monoisotopic (exact) mass is 465 g/mol. The van der Waals surface area contributed by atoms with Crippen LogP contribution in [0.15, 0.2) is 54.6 Å². The number of hydrogen-bond donors (Lipinski definition) is 2. The summed E-state index contributed by atoms with van der Waals surface area (Å²) in [4.78, 5) is 37.3. The minimum atomic E-state index is -5.04. The number of hydrogen-bond acceptors (Lipinski definition) is 4. The minimum absolute atomic E-state index is 0.0166. The zero-order valence-corrected chi connectivity index (χ0v) is 18.1. The molecule has 2 N–H and O–H groups in total. The Balaban J connectivity index is 1.82. The largest absolute Gasteiger partial charge is 0.478 e. The predicted molar refractivity (Wildman–Crippen MR) is 118 cm³/mol.